The van der Waals surface area contributed by atoms with Crippen molar-refractivity contribution in [2.75, 3.05) is 18.0 Å². The van der Waals surface area contributed by atoms with Gasteiger partial charge in [0.2, 0.25) is 0 Å². The second kappa shape index (κ2) is 4.52. The van der Waals surface area contributed by atoms with Gasteiger partial charge in [-0.25, -0.2) is 0 Å². The minimum absolute atomic E-state index is 0.144. The largest absolute Gasteiger partial charge is 0.367 e. The minimum atomic E-state index is 0.144. The van der Waals surface area contributed by atoms with Gasteiger partial charge < -0.3 is 10.2 Å². The summed E-state index contributed by atoms with van der Waals surface area (Å²) in [5.41, 5.74) is 5.86. The number of rotatable bonds is 1. The highest BCUT2D eigenvalue weighted by atomic mass is 15.3. The van der Waals surface area contributed by atoms with E-state index in [-0.39, 0.29) is 11.1 Å². The lowest BCUT2D eigenvalue weighted by atomic mass is 9.90. The van der Waals surface area contributed by atoms with Crippen molar-refractivity contribution in [3.63, 3.8) is 0 Å². The first kappa shape index (κ1) is 14.4. The van der Waals surface area contributed by atoms with Gasteiger partial charge in [-0.3, -0.25) is 0 Å². The molecule has 2 heteroatoms. The van der Waals surface area contributed by atoms with E-state index < -0.39 is 0 Å². The lowest BCUT2D eigenvalue weighted by Gasteiger charge is -2.50. The summed E-state index contributed by atoms with van der Waals surface area (Å²) < 4.78 is 0. The predicted octanol–water partition coefficient (Wildman–Crippen LogP) is 3.58. The van der Waals surface area contributed by atoms with Crippen molar-refractivity contribution in [2.24, 2.45) is 0 Å². The number of nitrogens with zero attached hydrogens (tertiary/aromatic N) is 1. The molecule has 0 amide bonds. The summed E-state index contributed by atoms with van der Waals surface area (Å²) >= 11 is 0. The fourth-order valence-electron chi connectivity index (χ4n) is 3.83. The number of piperazine rings is 1. The molecule has 1 heterocycles. The Labute approximate surface area is 118 Å². The maximum Gasteiger partial charge on any atom is 0.0427 e. The molecular weight excluding hydrogens is 232 g/mol. The van der Waals surface area contributed by atoms with Crippen LogP contribution in [0.25, 0.3) is 0 Å². The molecule has 2 rings (SSSR count). The van der Waals surface area contributed by atoms with Crippen LogP contribution in [0.1, 0.15) is 44.4 Å². The van der Waals surface area contributed by atoms with E-state index in [0.29, 0.717) is 0 Å². The molecular formula is C17H28N2. The lowest BCUT2D eigenvalue weighted by Crippen LogP contribution is -2.67. The Morgan fingerprint density at radius 1 is 0.895 bits per heavy atom. The first-order valence-corrected chi connectivity index (χ1v) is 7.22. The highest BCUT2D eigenvalue weighted by Gasteiger charge is 2.37. The van der Waals surface area contributed by atoms with Crippen LogP contribution in [0.4, 0.5) is 5.69 Å². The van der Waals surface area contributed by atoms with E-state index in [1.165, 1.54) is 22.4 Å². The Kier molecular flexibility index (Phi) is 3.42. The lowest BCUT2D eigenvalue weighted by molar-refractivity contribution is 0.226. The van der Waals surface area contributed by atoms with Gasteiger partial charge in [0.15, 0.2) is 0 Å². The molecule has 2 nitrogen and oxygen atoms in total. The van der Waals surface area contributed by atoms with Crippen LogP contribution < -0.4 is 10.2 Å². The van der Waals surface area contributed by atoms with Crippen LogP contribution in [-0.2, 0) is 0 Å². The average Bonchev–Trinajstić information content (AvgIpc) is 2.09. The molecule has 106 valence electrons. The molecule has 0 aromatic heterocycles. The maximum absolute atomic E-state index is 3.74. The molecule has 1 aliphatic heterocycles. The van der Waals surface area contributed by atoms with Gasteiger partial charge in [0.25, 0.3) is 0 Å². The third-order valence-electron chi connectivity index (χ3n) is 3.80. The Morgan fingerprint density at radius 3 is 1.74 bits per heavy atom. The molecule has 0 saturated carbocycles. The molecule has 0 bridgehead atoms. The highest BCUT2D eigenvalue weighted by molar-refractivity contribution is 5.61. The molecule has 19 heavy (non-hydrogen) atoms. The number of benzene rings is 1. The molecule has 0 unspecified atom stereocenters. The van der Waals surface area contributed by atoms with Gasteiger partial charge in [-0.15, -0.1) is 0 Å². The van der Waals surface area contributed by atoms with E-state index in [0.717, 1.165) is 13.1 Å². The number of nitrogens with one attached hydrogen (secondary N) is 1. The number of aryl methyl sites for hydroxylation is 3. The molecule has 1 fully saturated rings. The van der Waals surface area contributed by atoms with E-state index in [1.807, 2.05) is 0 Å². The van der Waals surface area contributed by atoms with Crippen LogP contribution in [0.3, 0.4) is 0 Å². The number of anilines is 1. The van der Waals surface area contributed by atoms with E-state index in [1.54, 1.807) is 0 Å². The van der Waals surface area contributed by atoms with Gasteiger partial charge >= 0.3 is 0 Å². The molecule has 1 aromatic carbocycles. The van der Waals surface area contributed by atoms with E-state index in [4.69, 9.17) is 0 Å². The molecule has 0 aliphatic carbocycles. The normalized spacial score (nSPS) is 21.5. The Balaban J connectivity index is 2.42. The van der Waals surface area contributed by atoms with Gasteiger partial charge in [0, 0.05) is 29.9 Å². The van der Waals surface area contributed by atoms with Gasteiger partial charge in [-0.2, -0.15) is 0 Å². The van der Waals surface area contributed by atoms with Gasteiger partial charge in [-0.05, 0) is 59.6 Å². The quantitative estimate of drug-likeness (QED) is 0.830. The van der Waals surface area contributed by atoms with Crippen molar-refractivity contribution >= 4 is 5.69 Å². The molecule has 1 aromatic rings. The van der Waals surface area contributed by atoms with E-state index in [2.05, 4.69) is 70.8 Å². The highest BCUT2D eigenvalue weighted by Crippen LogP contribution is 2.31. The Bertz CT molecular complexity index is 447. The smallest absolute Gasteiger partial charge is 0.0427 e. The van der Waals surface area contributed by atoms with Crippen LogP contribution in [0, 0.1) is 20.8 Å². The summed E-state index contributed by atoms with van der Waals surface area (Å²) in [5, 5.41) is 3.74. The molecule has 1 aliphatic rings. The first-order valence-electron chi connectivity index (χ1n) is 7.22. The molecule has 0 spiro atoms. The molecule has 0 atom stereocenters. The average molecular weight is 260 g/mol. The van der Waals surface area contributed by atoms with Crippen molar-refractivity contribution in [3.8, 4) is 0 Å². The summed E-state index contributed by atoms with van der Waals surface area (Å²) in [6.45, 7) is 17.9. The second-order valence-electron chi connectivity index (χ2n) is 7.50. The first-order chi connectivity index (χ1) is 8.60. The summed E-state index contributed by atoms with van der Waals surface area (Å²) in [5.74, 6) is 0. The zero-order valence-electron chi connectivity index (χ0n) is 13.5. The summed E-state index contributed by atoms with van der Waals surface area (Å²) in [6.07, 6.45) is 0. The van der Waals surface area contributed by atoms with Crippen molar-refractivity contribution in [3.05, 3.63) is 28.8 Å². The third-order valence-corrected chi connectivity index (χ3v) is 3.80. The molecule has 1 saturated heterocycles. The third kappa shape index (κ3) is 3.11. The van der Waals surface area contributed by atoms with Crippen molar-refractivity contribution < 1.29 is 0 Å². The summed E-state index contributed by atoms with van der Waals surface area (Å²) in [6, 6.07) is 4.59. The zero-order chi connectivity index (χ0) is 14.4. The van der Waals surface area contributed by atoms with Crippen LogP contribution in [0.5, 0.6) is 0 Å². The van der Waals surface area contributed by atoms with Crippen molar-refractivity contribution in [1.29, 1.82) is 0 Å². The van der Waals surface area contributed by atoms with Crippen molar-refractivity contribution in [1.82, 2.24) is 5.32 Å². The SMILES string of the molecule is Cc1cc(C)c(N2CC(C)(C)NC(C)(C)C2)c(C)c1. The maximum atomic E-state index is 3.74. The number of hydrogen-bond acceptors (Lipinski definition) is 2. The van der Waals surface area contributed by atoms with Crippen LogP contribution >= 0.6 is 0 Å². The van der Waals surface area contributed by atoms with Gasteiger partial charge in [0.1, 0.15) is 0 Å². The minimum Gasteiger partial charge on any atom is -0.367 e. The monoisotopic (exact) mass is 260 g/mol. The predicted molar refractivity (Wildman–Crippen MR) is 84.2 cm³/mol. The second-order valence-corrected chi connectivity index (χ2v) is 7.50. The Morgan fingerprint density at radius 2 is 1.32 bits per heavy atom. The fraction of sp³-hybridized carbons (Fsp3) is 0.647. The summed E-state index contributed by atoms with van der Waals surface area (Å²) in [7, 11) is 0. The van der Waals surface area contributed by atoms with Gasteiger partial charge in [0.05, 0.1) is 0 Å². The topological polar surface area (TPSA) is 15.3 Å². The van der Waals surface area contributed by atoms with E-state index in [9.17, 15) is 0 Å². The zero-order valence-corrected chi connectivity index (χ0v) is 13.5. The fourth-order valence-corrected chi connectivity index (χ4v) is 3.83. The van der Waals surface area contributed by atoms with Gasteiger partial charge in [-0.1, -0.05) is 17.7 Å². The standard InChI is InChI=1S/C17H28N2/c1-12-8-13(2)15(14(3)9-12)19-10-16(4,5)18-17(6,7)11-19/h8-9,18H,10-11H2,1-7H3. The molecule has 1 N–H and O–H groups in total. The summed E-state index contributed by atoms with van der Waals surface area (Å²) in [4.78, 5) is 2.56. The van der Waals surface area contributed by atoms with Crippen LogP contribution in [0.15, 0.2) is 12.1 Å². The van der Waals surface area contributed by atoms with Crippen molar-refractivity contribution in [2.45, 2.75) is 59.5 Å². The van der Waals surface area contributed by atoms with E-state index >= 15 is 0 Å². The Hall–Kier alpha value is -1.02. The number of hydrogen-bond donors (Lipinski definition) is 1. The van der Waals surface area contributed by atoms with Crippen LogP contribution in [-0.4, -0.2) is 24.2 Å². The van der Waals surface area contributed by atoms with Crippen LogP contribution in [0.2, 0.25) is 0 Å². The molecule has 0 radical (unpaired) electrons.